The Hall–Kier alpha value is -3.73. The summed E-state index contributed by atoms with van der Waals surface area (Å²) >= 11 is 0. The minimum Gasteiger partial charge on any atom is -0.443 e. The first-order valence-corrected chi connectivity index (χ1v) is 12.1. The van der Waals surface area contributed by atoms with Crippen molar-refractivity contribution in [2.24, 2.45) is 5.41 Å². The molecule has 0 amide bonds. The predicted octanol–water partition coefficient (Wildman–Crippen LogP) is 5.54. The lowest BCUT2D eigenvalue weighted by Gasteiger charge is -2.37. The van der Waals surface area contributed by atoms with E-state index in [2.05, 4.69) is 34.0 Å². The highest BCUT2D eigenvalue weighted by atomic mass is 19.3. The third-order valence-corrected chi connectivity index (χ3v) is 8.34. The highest BCUT2D eigenvalue weighted by molar-refractivity contribution is 5.64. The molecule has 2 aliphatic carbocycles. The van der Waals surface area contributed by atoms with Crippen LogP contribution in [0.4, 0.5) is 17.6 Å². The zero-order valence-corrected chi connectivity index (χ0v) is 20.7. The van der Waals surface area contributed by atoms with Crippen LogP contribution in [0.3, 0.4) is 0 Å². The maximum absolute atomic E-state index is 14.5. The molecule has 38 heavy (non-hydrogen) atoms. The van der Waals surface area contributed by atoms with Crippen molar-refractivity contribution in [2.45, 2.75) is 57.0 Å². The highest BCUT2D eigenvalue weighted by Crippen LogP contribution is 2.69. The standard InChI is InChI=1S/C27H23F4N5O2/c1-25(2)14-7-8-27(25,22-13(14)9-17(35-36-22)21-15(28)5-4-6-16(21)29)19-11-32-10-18(33-19)23-34-20(12-38-23)26(3,37)24(30)31/h4-6,9-12,14,24,37H,7-8H2,1-3H3/t14-,26?,27+/m0/s1. The van der Waals surface area contributed by atoms with Gasteiger partial charge in [-0.2, -0.15) is 5.10 Å². The molecular weight excluding hydrogens is 502 g/mol. The summed E-state index contributed by atoms with van der Waals surface area (Å²) in [5.74, 6) is -1.47. The zero-order chi connectivity index (χ0) is 27.0. The summed E-state index contributed by atoms with van der Waals surface area (Å²) in [5.41, 5.74) is -1.72. The van der Waals surface area contributed by atoms with Crippen molar-refractivity contribution < 1.29 is 27.1 Å². The Bertz CT molecular complexity index is 1550. The van der Waals surface area contributed by atoms with Crippen molar-refractivity contribution in [1.82, 2.24) is 25.1 Å². The molecular formula is C27H23F4N5O2. The summed E-state index contributed by atoms with van der Waals surface area (Å²) in [6.45, 7) is 5.14. The van der Waals surface area contributed by atoms with Crippen LogP contribution < -0.4 is 0 Å². The normalized spacial score (nSPS) is 23.0. The van der Waals surface area contributed by atoms with Crippen LogP contribution in [0.15, 0.2) is 47.3 Å². The average Bonchev–Trinajstić information content (AvgIpc) is 3.53. The average molecular weight is 526 g/mol. The van der Waals surface area contributed by atoms with Gasteiger partial charge in [0.25, 0.3) is 6.43 Å². The summed E-state index contributed by atoms with van der Waals surface area (Å²) in [6, 6.07) is 5.37. The maximum atomic E-state index is 14.5. The van der Waals surface area contributed by atoms with E-state index < -0.39 is 34.5 Å². The van der Waals surface area contributed by atoms with Gasteiger partial charge in [-0.25, -0.2) is 27.5 Å². The second kappa shape index (κ2) is 8.13. The van der Waals surface area contributed by atoms with Gasteiger partial charge in [-0.3, -0.25) is 4.98 Å². The minimum absolute atomic E-state index is 0.0292. The van der Waals surface area contributed by atoms with Gasteiger partial charge in [0.05, 0.1) is 34.3 Å². The maximum Gasteiger partial charge on any atom is 0.272 e. The molecule has 1 aromatic carbocycles. The number of halogens is 4. The minimum atomic E-state index is -3.07. The van der Waals surface area contributed by atoms with Gasteiger partial charge in [-0.15, -0.1) is 5.10 Å². The molecule has 2 aliphatic rings. The molecule has 0 spiro atoms. The molecule has 1 fully saturated rings. The van der Waals surface area contributed by atoms with Crippen LogP contribution in [0.25, 0.3) is 22.8 Å². The van der Waals surface area contributed by atoms with Crippen molar-refractivity contribution >= 4 is 0 Å². The van der Waals surface area contributed by atoms with Crippen LogP contribution in [-0.4, -0.2) is 36.7 Å². The second-order valence-corrected chi connectivity index (χ2v) is 10.6. The Balaban J connectivity index is 1.46. The number of benzene rings is 1. The topological polar surface area (TPSA) is 97.8 Å². The predicted molar refractivity (Wildman–Crippen MR) is 127 cm³/mol. The summed E-state index contributed by atoms with van der Waals surface area (Å²) in [5, 5.41) is 18.8. The summed E-state index contributed by atoms with van der Waals surface area (Å²) in [7, 11) is 0. The van der Waals surface area contributed by atoms with E-state index >= 15 is 0 Å². The first-order valence-electron chi connectivity index (χ1n) is 12.1. The molecule has 6 rings (SSSR count). The van der Waals surface area contributed by atoms with E-state index in [1.54, 1.807) is 12.3 Å². The molecule has 3 aromatic heterocycles. The van der Waals surface area contributed by atoms with Gasteiger partial charge in [-0.1, -0.05) is 19.9 Å². The van der Waals surface area contributed by atoms with E-state index in [9.17, 15) is 22.7 Å². The van der Waals surface area contributed by atoms with Crippen molar-refractivity contribution in [2.75, 3.05) is 0 Å². The van der Waals surface area contributed by atoms with Gasteiger partial charge in [0.1, 0.15) is 29.3 Å². The van der Waals surface area contributed by atoms with Crippen LogP contribution in [0.2, 0.25) is 0 Å². The van der Waals surface area contributed by atoms with Crippen LogP contribution in [0, 0.1) is 17.0 Å². The second-order valence-electron chi connectivity index (χ2n) is 10.6. The molecule has 3 heterocycles. The van der Waals surface area contributed by atoms with Gasteiger partial charge < -0.3 is 9.52 Å². The van der Waals surface area contributed by atoms with E-state index in [4.69, 9.17) is 9.40 Å². The molecule has 196 valence electrons. The smallest absolute Gasteiger partial charge is 0.272 e. The lowest BCUT2D eigenvalue weighted by molar-refractivity contribution is -0.0910. The number of oxazole rings is 1. The molecule has 0 saturated heterocycles. The number of aliphatic hydroxyl groups is 1. The number of aromatic nitrogens is 5. The lowest BCUT2D eigenvalue weighted by Crippen LogP contribution is -2.38. The molecule has 11 heteroatoms. The third-order valence-electron chi connectivity index (χ3n) is 8.34. The molecule has 1 saturated carbocycles. The van der Waals surface area contributed by atoms with Crippen molar-refractivity contribution in [3.63, 3.8) is 0 Å². The first-order chi connectivity index (χ1) is 18.0. The third kappa shape index (κ3) is 3.20. The van der Waals surface area contributed by atoms with Crippen LogP contribution in [0.5, 0.6) is 0 Å². The molecule has 1 unspecified atom stereocenters. The fraction of sp³-hybridized carbons (Fsp3) is 0.370. The fourth-order valence-corrected chi connectivity index (χ4v) is 6.17. The molecule has 2 bridgehead atoms. The zero-order valence-electron chi connectivity index (χ0n) is 20.7. The molecule has 1 N–H and O–H groups in total. The SMILES string of the molecule is CC(O)(c1coc(-c2cncc([C@]34CC[C@@H](c5cc(-c6c(F)cccc6F)nnc53)C4(C)C)n2)n1)C(F)F. The van der Waals surface area contributed by atoms with Crippen LogP contribution >= 0.6 is 0 Å². The van der Waals surface area contributed by atoms with Crippen LogP contribution in [0.1, 0.15) is 62.2 Å². The van der Waals surface area contributed by atoms with Crippen molar-refractivity contribution in [3.8, 4) is 22.8 Å². The summed E-state index contributed by atoms with van der Waals surface area (Å²) in [6.07, 6.45) is 2.41. The monoisotopic (exact) mass is 525 g/mol. The fourth-order valence-electron chi connectivity index (χ4n) is 6.17. The Morgan fingerprint density at radius 2 is 1.82 bits per heavy atom. The Labute approximate surface area is 215 Å². The number of hydrogen-bond donors (Lipinski definition) is 1. The van der Waals surface area contributed by atoms with Crippen molar-refractivity contribution in [3.05, 3.63) is 77.2 Å². The Morgan fingerprint density at radius 3 is 2.53 bits per heavy atom. The van der Waals surface area contributed by atoms with E-state index in [1.165, 1.54) is 24.4 Å². The number of fused-ring (bicyclic) bond motifs is 5. The highest BCUT2D eigenvalue weighted by Gasteiger charge is 2.65. The van der Waals surface area contributed by atoms with Gasteiger partial charge in [-0.05, 0) is 54.9 Å². The molecule has 0 radical (unpaired) electrons. The van der Waals surface area contributed by atoms with E-state index in [0.29, 0.717) is 17.8 Å². The lowest BCUT2D eigenvalue weighted by atomic mass is 9.66. The molecule has 4 aromatic rings. The van der Waals surface area contributed by atoms with E-state index in [-0.39, 0.29) is 34.5 Å². The largest absolute Gasteiger partial charge is 0.443 e. The Kier molecular flexibility index (Phi) is 5.26. The van der Waals surface area contributed by atoms with Gasteiger partial charge in [0.15, 0.2) is 5.60 Å². The first kappa shape index (κ1) is 24.6. The number of hydrogen-bond acceptors (Lipinski definition) is 7. The van der Waals surface area contributed by atoms with E-state index in [1.807, 2.05) is 0 Å². The summed E-state index contributed by atoms with van der Waals surface area (Å²) in [4.78, 5) is 13.1. The number of nitrogens with zero attached hydrogens (tertiary/aromatic N) is 5. The molecule has 7 nitrogen and oxygen atoms in total. The van der Waals surface area contributed by atoms with Crippen LogP contribution in [-0.2, 0) is 11.0 Å². The Morgan fingerprint density at radius 1 is 1.08 bits per heavy atom. The van der Waals surface area contributed by atoms with Gasteiger partial charge in [0, 0.05) is 6.20 Å². The quantitative estimate of drug-likeness (QED) is 0.342. The van der Waals surface area contributed by atoms with E-state index in [0.717, 1.165) is 25.2 Å². The van der Waals surface area contributed by atoms with Crippen molar-refractivity contribution in [1.29, 1.82) is 0 Å². The number of alkyl halides is 2. The molecule has 3 atom stereocenters. The van der Waals surface area contributed by atoms with Gasteiger partial charge >= 0.3 is 0 Å². The summed E-state index contributed by atoms with van der Waals surface area (Å²) < 4.78 is 60.9. The molecule has 0 aliphatic heterocycles. The number of rotatable bonds is 5. The van der Waals surface area contributed by atoms with Gasteiger partial charge in [0.2, 0.25) is 5.89 Å².